The Morgan fingerprint density at radius 1 is 1.24 bits per heavy atom. The lowest BCUT2D eigenvalue weighted by Gasteiger charge is -2.29. The first kappa shape index (κ1) is 15.4. The fraction of sp³-hybridized carbons (Fsp3) is 0.500. The van der Waals surface area contributed by atoms with E-state index in [1.807, 2.05) is 0 Å². The molecule has 1 aliphatic rings. The Balaban J connectivity index is 1.78. The number of esters is 1. The van der Waals surface area contributed by atoms with Crippen LogP contribution in [0.4, 0.5) is 0 Å². The molecule has 1 amide bonds. The second kappa shape index (κ2) is 7.11. The molecule has 0 aliphatic heterocycles. The average molecular weight is 291 g/mol. The fourth-order valence-corrected chi connectivity index (χ4v) is 2.59. The molecular formula is C16H21NO4. The number of benzene rings is 1. The number of carbonyl (C=O) groups is 2. The lowest BCUT2D eigenvalue weighted by molar-refractivity contribution is -0.125. The molecule has 0 bridgehead atoms. The van der Waals surface area contributed by atoms with Crippen LogP contribution >= 0.6 is 0 Å². The molecule has 0 saturated heterocycles. The number of phenols is 1. The number of carbonyl (C=O) groups excluding carboxylic acids is 2. The van der Waals surface area contributed by atoms with Gasteiger partial charge in [0.25, 0.3) is 5.91 Å². The molecular weight excluding hydrogens is 270 g/mol. The van der Waals surface area contributed by atoms with Gasteiger partial charge in [0.05, 0.1) is 5.56 Å². The van der Waals surface area contributed by atoms with Crippen LogP contribution in [-0.2, 0) is 9.53 Å². The van der Waals surface area contributed by atoms with Gasteiger partial charge in [-0.25, -0.2) is 4.79 Å². The van der Waals surface area contributed by atoms with E-state index in [2.05, 4.69) is 12.2 Å². The summed E-state index contributed by atoms with van der Waals surface area (Å²) in [5, 5.41) is 12.1. The Morgan fingerprint density at radius 3 is 2.57 bits per heavy atom. The van der Waals surface area contributed by atoms with Crippen LogP contribution in [-0.4, -0.2) is 29.6 Å². The van der Waals surface area contributed by atoms with Gasteiger partial charge in [-0.1, -0.05) is 19.8 Å². The van der Waals surface area contributed by atoms with E-state index in [0.717, 1.165) is 19.3 Å². The molecule has 5 nitrogen and oxygen atoms in total. The number of rotatable bonds is 4. The highest BCUT2D eigenvalue weighted by molar-refractivity contribution is 5.91. The third kappa shape index (κ3) is 4.48. The smallest absolute Gasteiger partial charge is 0.338 e. The minimum atomic E-state index is -0.568. The number of ether oxygens (including phenoxy) is 1. The number of phenolic OH excluding ortho intramolecular Hbond substituents is 1. The van der Waals surface area contributed by atoms with E-state index in [4.69, 9.17) is 9.84 Å². The maximum atomic E-state index is 11.8. The standard InChI is InChI=1S/C16H21NO4/c1-11-4-2-3-5-14(11)17-15(19)10-21-16(20)12-6-8-13(18)9-7-12/h6-9,11,14,18H,2-5,10H2,1H3,(H,17,19)/t11-,14+/m1/s1. The summed E-state index contributed by atoms with van der Waals surface area (Å²) < 4.78 is 4.97. The first-order valence-corrected chi connectivity index (χ1v) is 7.32. The molecule has 0 unspecified atom stereocenters. The van der Waals surface area contributed by atoms with Crippen molar-refractivity contribution in [2.45, 2.75) is 38.6 Å². The van der Waals surface area contributed by atoms with Crippen molar-refractivity contribution < 1.29 is 19.4 Å². The van der Waals surface area contributed by atoms with E-state index in [0.29, 0.717) is 11.5 Å². The monoisotopic (exact) mass is 291 g/mol. The highest BCUT2D eigenvalue weighted by Crippen LogP contribution is 2.23. The number of aromatic hydroxyl groups is 1. The number of amides is 1. The molecule has 1 aromatic rings. The van der Waals surface area contributed by atoms with E-state index in [1.54, 1.807) is 0 Å². The summed E-state index contributed by atoms with van der Waals surface area (Å²) in [5.41, 5.74) is 0.312. The van der Waals surface area contributed by atoms with E-state index in [-0.39, 0.29) is 24.3 Å². The van der Waals surface area contributed by atoms with Gasteiger partial charge >= 0.3 is 5.97 Å². The van der Waals surface area contributed by atoms with Gasteiger partial charge in [0.15, 0.2) is 6.61 Å². The summed E-state index contributed by atoms with van der Waals surface area (Å²) in [5.74, 6) is -0.284. The van der Waals surface area contributed by atoms with Crippen LogP contribution in [0.15, 0.2) is 24.3 Å². The Labute approximate surface area is 124 Å². The Morgan fingerprint density at radius 2 is 1.90 bits per heavy atom. The van der Waals surface area contributed by atoms with Crippen molar-refractivity contribution in [2.24, 2.45) is 5.92 Å². The summed E-state index contributed by atoms with van der Waals surface area (Å²) in [4.78, 5) is 23.6. The largest absolute Gasteiger partial charge is 0.508 e. The molecule has 1 saturated carbocycles. The van der Waals surface area contributed by atoms with Crippen LogP contribution < -0.4 is 5.32 Å². The molecule has 2 N–H and O–H groups in total. The van der Waals surface area contributed by atoms with E-state index >= 15 is 0 Å². The van der Waals surface area contributed by atoms with E-state index in [1.165, 1.54) is 30.7 Å². The summed E-state index contributed by atoms with van der Waals surface area (Å²) >= 11 is 0. The maximum absolute atomic E-state index is 11.8. The van der Waals surface area contributed by atoms with Crippen molar-refractivity contribution >= 4 is 11.9 Å². The molecule has 1 fully saturated rings. The summed E-state index contributed by atoms with van der Waals surface area (Å²) in [6.07, 6.45) is 4.45. The van der Waals surface area contributed by atoms with Crippen molar-refractivity contribution in [1.29, 1.82) is 0 Å². The van der Waals surface area contributed by atoms with Gasteiger partial charge in [-0.05, 0) is 43.0 Å². The highest BCUT2D eigenvalue weighted by atomic mass is 16.5. The van der Waals surface area contributed by atoms with Gasteiger partial charge in [0.1, 0.15) is 5.75 Å². The van der Waals surface area contributed by atoms with Gasteiger partial charge in [-0.2, -0.15) is 0 Å². The molecule has 114 valence electrons. The van der Waals surface area contributed by atoms with Crippen molar-refractivity contribution in [3.05, 3.63) is 29.8 Å². The first-order valence-electron chi connectivity index (χ1n) is 7.32. The molecule has 2 atom stereocenters. The molecule has 21 heavy (non-hydrogen) atoms. The van der Waals surface area contributed by atoms with E-state index < -0.39 is 5.97 Å². The molecule has 2 rings (SSSR count). The lowest BCUT2D eigenvalue weighted by atomic mass is 9.86. The SMILES string of the molecule is C[C@@H]1CCCC[C@@H]1NC(=O)COC(=O)c1ccc(O)cc1. The maximum Gasteiger partial charge on any atom is 0.338 e. The second-order valence-corrected chi connectivity index (χ2v) is 5.56. The second-order valence-electron chi connectivity index (χ2n) is 5.56. The molecule has 1 aromatic carbocycles. The van der Waals surface area contributed by atoms with Gasteiger partial charge in [0, 0.05) is 6.04 Å². The zero-order valence-corrected chi connectivity index (χ0v) is 12.2. The topological polar surface area (TPSA) is 75.6 Å². The molecule has 0 heterocycles. The van der Waals surface area contributed by atoms with Gasteiger partial charge in [-0.3, -0.25) is 4.79 Å². The van der Waals surface area contributed by atoms with Crippen molar-refractivity contribution in [3.63, 3.8) is 0 Å². The molecule has 0 radical (unpaired) electrons. The molecule has 0 aromatic heterocycles. The predicted molar refractivity (Wildman–Crippen MR) is 78.0 cm³/mol. The fourth-order valence-electron chi connectivity index (χ4n) is 2.59. The van der Waals surface area contributed by atoms with Crippen LogP contribution in [0, 0.1) is 5.92 Å². The quantitative estimate of drug-likeness (QED) is 0.834. The molecule has 1 aliphatic carbocycles. The van der Waals surface area contributed by atoms with Gasteiger partial charge < -0.3 is 15.2 Å². The predicted octanol–water partition coefficient (Wildman–Crippen LogP) is 2.24. The highest BCUT2D eigenvalue weighted by Gasteiger charge is 2.23. The third-order valence-electron chi connectivity index (χ3n) is 3.90. The molecule has 5 heteroatoms. The number of nitrogens with one attached hydrogen (secondary N) is 1. The van der Waals surface area contributed by atoms with E-state index in [9.17, 15) is 9.59 Å². The van der Waals surface area contributed by atoms with Gasteiger partial charge in [-0.15, -0.1) is 0 Å². The van der Waals surface area contributed by atoms with Crippen LogP contribution in [0.1, 0.15) is 43.0 Å². The number of hydrogen-bond donors (Lipinski definition) is 2. The van der Waals surface area contributed by atoms with Crippen molar-refractivity contribution in [1.82, 2.24) is 5.32 Å². The normalized spacial score (nSPS) is 21.6. The minimum absolute atomic E-state index is 0.0792. The Bertz CT molecular complexity index is 498. The zero-order chi connectivity index (χ0) is 15.2. The van der Waals surface area contributed by atoms with Crippen molar-refractivity contribution in [2.75, 3.05) is 6.61 Å². The van der Waals surface area contributed by atoms with Crippen molar-refractivity contribution in [3.8, 4) is 5.75 Å². The first-order chi connectivity index (χ1) is 10.1. The van der Waals surface area contributed by atoms with Crippen LogP contribution in [0.5, 0.6) is 5.75 Å². The van der Waals surface area contributed by atoms with Gasteiger partial charge in [0.2, 0.25) is 0 Å². The lowest BCUT2D eigenvalue weighted by Crippen LogP contribution is -2.42. The summed E-state index contributed by atoms with van der Waals surface area (Å²) in [6.45, 7) is 1.86. The Kier molecular flexibility index (Phi) is 5.20. The molecule has 0 spiro atoms. The van der Waals surface area contributed by atoms with Crippen LogP contribution in [0.2, 0.25) is 0 Å². The average Bonchev–Trinajstić information content (AvgIpc) is 2.48. The zero-order valence-electron chi connectivity index (χ0n) is 12.2. The minimum Gasteiger partial charge on any atom is -0.508 e. The third-order valence-corrected chi connectivity index (χ3v) is 3.90. The van der Waals surface area contributed by atoms with Crippen LogP contribution in [0.25, 0.3) is 0 Å². The van der Waals surface area contributed by atoms with Crippen LogP contribution in [0.3, 0.4) is 0 Å². The Hall–Kier alpha value is -2.04. The number of hydrogen-bond acceptors (Lipinski definition) is 4. The summed E-state index contributed by atoms with van der Waals surface area (Å²) in [7, 11) is 0. The summed E-state index contributed by atoms with van der Waals surface area (Å²) in [6, 6.07) is 5.90.